The number of hydrogen-bond acceptors (Lipinski definition) is 3. The number of benzene rings is 1. The van der Waals surface area contributed by atoms with Crippen LogP contribution in [0.25, 0.3) is 0 Å². The number of rotatable bonds is 4. The van der Waals surface area contributed by atoms with Crippen molar-refractivity contribution in [3.05, 3.63) is 47.3 Å². The highest BCUT2D eigenvalue weighted by Gasteiger charge is 2.10. The molecule has 2 aromatic rings. The Bertz CT molecular complexity index is 661. The van der Waals surface area contributed by atoms with E-state index in [0.29, 0.717) is 11.3 Å². The van der Waals surface area contributed by atoms with Crippen LogP contribution in [0.2, 0.25) is 0 Å². The van der Waals surface area contributed by atoms with Crippen molar-refractivity contribution in [3.63, 3.8) is 0 Å². The monoisotopic (exact) mass is 273 g/mol. The molecule has 0 saturated carbocycles. The van der Waals surface area contributed by atoms with Crippen molar-refractivity contribution >= 4 is 17.6 Å². The zero-order valence-electron chi connectivity index (χ0n) is 11.3. The highest BCUT2D eigenvalue weighted by atomic mass is 16.4. The Balaban J connectivity index is 2.09. The fourth-order valence-electron chi connectivity index (χ4n) is 1.73. The van der Waals surface area contributed by atoms with E-state index in [1.54, 1.807) is 0 Å². The normalized spacial score (nSPS) is 10.3. The molecule has 104 valence electrons. The van der Waals surface area contributed by atoms with E-state index in [-0.39, 0.29) is 12.5 Å². The zero-order valence-corrected chi connectivity index (χ0v) is 11.3. The number of nitrogens with zero attached hydrogens (tertiary/aromatic N) is 2. The lowest BCUT2D eigenvalue weighted by Crippen LogP contribution is -2.12. The third kappa shape index (κ3) is 3.23. The number of amides is 1. The Morgan fingerprint density at radius 2 is 2.05 bits per heavy atom. The molecule has 2 N–H and O–H groups in total. The number of carbonyl (C=O) groups is 2. The summed E-state index contributed by atoms with van der Waals surface area (Å²) in [6.07, 6.45) is 2.75. The molecule has 0 spiro atoms. The van der Waals surface area contributed by atoms with Crippen molar-refractivity contribution in [3.8, 4) is 0 Å². The van der Waals surface area contributed by atoms with Gasteiger partial charge in [-0.2, -0.15) is 5.10 Å². The van der Waals surface area contributed by atoms with Crippen LogP contribution in [0.5, 0.6) is 0 Å². The molecule has 0 aliphatic rings. The fourth-order valence-corrected chi connectivity index (χ4v) is 1.73. The lowest BCUT2D eigenvalue weighted by molar-refractivity contribution is -0.137. The van der Waals surface area contributed by atoms with E-state index in [2.05, 4.69) is 10.4 Å². The maximum atomic E-state index is 12.0. The first-order valence-corrected chi connectivity index (χ1v) is 6.08. The van der Waals surface area contributed by atoms with Gasteiger partial charge in [0, 0.05) is 11.9 Å². The molecule has 0 fully saturated rings. The van der Waals surface area contributed by atoms with Crippen molar-refractivity contribution in [1.82, 2.24) is 9.78 Å². The van der Waals surface area contributed by atoms with Gasteiger partial charge in [-0.25, -0.2) is 0 Å². The molecule has 0 aliphatic heterocycles. The van der Waals surface area contributed by atoms with E-state index in [0.717, 1.165) is 11.1 Å². The molecule has 2 rings (SSSR count). The predicted molar refractivity (Wildman–Crippen MR) is 73.7 cm³/mol. The summed E-state index contributed by atoms with van der Waals surface area (Å²) in [5.41, 5.74) is 3.26. The number of aryl methyl sites for hydroxylation is 2. The molecule has 20 heavy (non-hydrogen) atoms. The van der Waals surface area contributed by atoms with Gasteiger partial charge in [0.05, 0.1) is 11.8 Å². The molecular weight excluding hydrogens is 258 g/mol. The maximum absolute atomic E-state index is 12.0. The Kier molecular flexibility index (Phi) is 3.84. The summed E-state index contributed by atoms with van der Waals surface area (Å²) in [6.45, 7) is 3.70. The van der Waals surface area contributed by atoms with E-state index in [9.17, 15) is 9.59 Å². The third-order valence-corrected chi connectivity index (χ3v) is 2.96. The number of aliphatic carboxylic acids is 1. The van der Waals surface area contributed by atoms with E-state index in [1.165, 1.54) is 17.1 Å². The molecular formula is C14H15N3O3. The van der Waals surface area contributed by atoms with Gasteiger partial charge in [0.25, 0.3) is 5.91 Å². The molecule has 0 unspecified atom stereocenters. The van der Waals surface area contributed by atoms with Crippen molar-refractivity contribution in [2.75, 3.05) is 5.32 Å². The summed E-state index contributed by atoms with van der Waals surface area (Å²) in [7, 11) is 0. The Morgan fingerprint density at radius 3 is 2.70 bits per heavy atom. The zero-order chi connectivity index (χ0) is 14.7. The lowest BCUT2D eigenvalue weighted by atomic mass is 10.1. The lowest BCUT2D eigenvalue weighted by Gasteiger charge is -2.06. The molecule has 6 nitrogen and oxygen atoms in total. The van der Waals surface area contributed by atoms with Crippen LogP contribution in [-0.4, -0.2) is 26.8 Å². The van der Waals surface area contributed by atoms with E-state index < -0.39 is 5.97 Å². The van der Waals surface area contributed by atoms with Crippen LogP contribution in [0.15, 0.2) is 30.6 Å². The van der Waals surface area contributed by atoms with Crippen molar-refractivity contribution in [2.45, 2.75) is 20.4 Å². The molecule has 1 aromatic carbocycles. The van der Waals surface area contributed by atoms with Gasteiger partial charge < -0.3 is 10.4 Å². The van der Waals surface area contributed by atoms with Crippen molar-refractivity contribution in [2.24, 2.45) is 0 Å². The first-order chi connectivity index (χ1) is 9.45. The minimum Gasteiger partial charge on any atom is -0.480 e. The van der Waals surface area contributed by atoms with Crippen LogP contribution < -0.4 is 5.32 Å². The molecule has 0 bridgehead atoms. The van der Waals surface area contributed by atoms with Gasteiger partial charge in [-0.15, -0.1) is 0 Å². The average Bonchev–Trinajstić information content (AvgIpc) is 2.81. The topological polar surface area (TPSA) is 84.2 Å². The number of carbonyl (C=O) groups excluding carboxylic acids is 1. The van der Waals surface area contributed by atoms with Crippen LogP contribution >= 0.6 is 0 Å². The number of carboxylic acid groups (broad SMARTS) is 1. The van der Waals surface area contributed by atoms with Crippen LogP contribution in [0.1, 0.15) is 21.5 Å². The van der Waals surface area contributed by atoms with E-state index in [4.69, 9.17) is 5.11 Å². The predicted octanol–water partition coefficient (Wildman–Crippen LogP) is 1.84. The van der Waals surface area contributed by atoms with Crippen molar-refractivity contribution in [1.29, 1.82) is 0 Å². The van der Waals surface area contributed by atoms with Gasteiger partial charge >= 0.3 is 5.97 Å². The third-order valence-electron chi connectivity index (χ3n) is 2.96. The quantitative estimate of drug-likeness (QED) is 0.890. The summed E-state index contributed by atoms with van der Waals surface area (Å²) >= 11 is 0. The van der Waals surface area contributed by atoms with E-state index in [1.807, 2.05) is 32.0 Å². The second-order valence-corrected chi connectivity index (χ2v) is 4.57. The van der Waals surface area contributed by atoms with Gasteiger partial charge in [-0.3, -0.25) is 14.3 Å². The van der Waals surface area contributed by atoms with Crippen LogP contribution in [0.3, 0.4) is 0 Å². The standard InChI is InChI=1S/C14H15N3O3/c1-9-3-4-12(5-10(9)2)16-14(20)11-6-15-17(7-11)8-13(18)19/h3-7H,8H2,1-2H3,(H,16,20)(H,18,19). The van der Waals surface area contributed by atoms with Gasteiger partial charge in [0.15, 0.2) is 0 Å². The Hall–Kier alpha value is -2.63. The highest BCUT2D eigenvalue weighted by Crippen LogP contribution is 2.15. The molecule has 1 aromatic heterocycles. The summed E-state index contributed by atoms with van der Waals surface area (Å²) in [5.74, 6) is -1.32. The largest absolute Gasteiger partial charge is 0.480 e. The van der Waals surface area contributed by atoms with E-state index >= 15 is 0 Å². The van der Waals surface area contributed by atoms with Gasteiger partial charge in [-0.05, 0) is 37.1 Å². The molecule has 0 saturated heterocycles. The summed E-state index contributed by atoms with van der Waals surface area (Å²) < 4.78 is 1.21. The van der Waals surface area contributed by atoms with Gasteiger partial charge in [0.1, 0.15) is 6.54 Å². The number of nitrogens with one attached hydrogen (secondary N) is 1. The molecule has 0 radical (unpaired) electrons. The first kappa shape index (κ1) is 13.8. The van der Waals surface area contributed by atoms with Crippen molar-refractivity contribution < 1.29 is 14.7 Å². The van der Waals surface area contributed by atoms with Crippen LogP contribution in [0, 0.1) is 13.8 Å². The Morgan fingerprint density at radius 1 is 1.30 bits per heavy atom. The molecule has 1 amide bonds. The molecule has 1 heterocycles. The molecule has 0 atom stereocenters. The number of aromatic nitrogens is 2. The Labute approximate surface area is 116 Å². The maximum Gasteiger partial charge on any atom is 0.325 e. The second kappa shape index (κ2) is 5.56. The smallest absolute Gasteiger partial charge is 0.325 e. The SMILES string of the molecule is Cc1ccc(NC(=O)c2cnn(CC(=O)O)c2)cc1C. The average molecular weight is 273 g/mol. The molecule has 0 aliphatic carbocycles. The fraction of sp³-hybridized carbons (Fsp3) is 0.214. The number of anilines is 1. The summed E-state index contributed by atoms with van der Waals surface area (Å²) in [6, 6.07) is 5.63. The van der Waals surface area contributed by atoms with Crippen LogP contribution in [0.4, 0.5) is 5.69 Å². The molecule has 6 heteroatoms. The second-order valence-electron chi connectivity index (χ2n) is 4.57. The highest BCUT2D eigenvalue weighted by molar-refractivity contribution is 6.04. The minimum atomic E-state index is -1.01. The number of hydrogen-bond donors (Lipinski definition) is 2. The summed E-state index contributed by atoms with van der Waals surface area (Å²) in [5, 5.41) is 15.2. The minimum absolute atomic E-state index is 0.267. The van der Waals surface area contributed by atoms with Gasteiger partial charge in [0.2, 0.25) is 0 Å². The number of carboxylic acids is 1. The van der Waals surface area contributed by atoms with Crippen LogP contribution in [-0.2, 0) is 11.3 Å². The summed E-state index contributed by atoms with van der Waals surface area (Å²) in [4.78, 5) is 22.5. The first-order valence-electron chi connectivity index (χ1n) is 6.08. The van der Waals surface area contributed by atoms with Gasteiger partial charge in [-0.1, -0.05) is 6.07 Å².